The van der Waals surface area contributed by atoms with E-state index in [0.29, 0.717) is 18.8 Å². The number of hydrogen-bond acceptors (Lipinski definition) is 4. The molecule has 0 bridgehead atoms. The number of nitrogens with one attached hydrogen (secondary N) is 1. The second-order valence-corrected chi connectivity index (χ2v) is 6.03. The summed E-state index contributed by atoms with van der Waals surface area (Å²) in [5, 5.41) is 13.3. The Hall–Kier alpha value is -1.23. The van der Waals surface area contributed by atoms with Crippen LogP contribution < -0.4 is 5.32 Å². The van der Waals surface area contributed by atoms with Crippen LogP contribution in [0.1, 0.15) is 12.7 Å². The van der Waals surface area contributed by atoms with Crippen molar-refractivity contribution in [3.8, 4) is 11.3 Å². The topological polar surface area (TPSA) is 45.4 Å². The number of aliphatic hydroxyl groups is 1. The van der Waals surface area contributed by atoms with Crippen molar-refractivity contribution < 1.29 is 9.52 Å². The molecule has 20 heavy (non-hydrogen) atoms. The van der Waals surface area contributed by atoms with Crippen molar-refractivity contribution in [2.75, 3.05) is 18.6 Å². The van der Waals surface area contributed by atoms with Gasteiger partial charge in [-0.05, 0) is 25.3 Å². The van der Waals surface area contributed by atoms with E-state index in [1.54, 1.807) is 11.8 Å². The lowest BCUT2D eigenvalue weighted by atomic mass is 10.1. The average molecular weight is 291 g/mol. The first kappa shape index (κ1) is 15.2. The van der Waals surface area contributed by atoms with Gasteiger partial charge in [-0.15, -0.1) is 0 Å². The quantitative estimate of drug-likeness (QED) is 0.822. The van der Waals surface area contributed by atoms with Gasteiger partial charge in [0.1, 0.15) is 11.5 Å². The Balaban J connectivity index is 1.88. The van der Waals surface area contributed by atoms with Crippen LogP contribution in [0.25, 0.3) is 11.3 Å². The molecule has 0 aliphatic carbocycles. The Kier molecular flexibility index (Phi) is 5.29. The molecule has 0 amide bonds. The fraction of sp³-hybridized carbons (Fsp3) is 0.375. The number of furan rings is 1. The Morgan fingerprint density at radius 2 is 1.95 bits per heavy atom. The summed E-state index contributed by atoms with van der Waals surface area (Å²) in [6.45, 7) is 3.01. The first-order chi connectivity index (χ1) is 9.61. The van der Waals surface area contributed by atoms with Gasteiger partial charge in [-0.2, -0.15) is 11.8 Å². The van der Waals surface area contributed by atoms with E-state index in [-0.39, 0.29) is 0 Å². The third-order valence-corrected chi connectivity index (χ3v) is 3.89. The molecule has 4 heteroatoms. The highest BCUT2D eigenvalue weighted by Crippen LogP contribution is 2.21. The molecule has 1 heterocycles. The maximum atomic E-state index is 10.1. The minimum absolute atomic E-state index is 0.551. The molecule has 2 rings (SSSR count). The Labute approximate surface area is 124 Å². The van der Waals surface area contributed by atoms with Gasteiger partial charge in [0.05, 0.1) is 12.1 Å². The van der Waals surface area contributed by atoms with Crippen LogP contribution in [0.2, 0.25) is 0 Å². The van der Waals surface area contributed by atoms with Crippen molar-refractivity contribution in [1.82, 2.24) is 5.32 Å². The largest absolute Gasteiger partial charge is 0.460 e. The van der Waals surface area contributed by atoms with Crippen molar-refractivity contribution >= 4 is 11.8 Å². The van der Waals surface area contributed by atoms with E-state index in [4.69, 9.17) is 4.42 Å². The van der Waals surface area contributed by atoms with Gasteiger partial charge in [-0.3, -0.25) is 0 Å². The Bertz CT molecular complexity index is 522. The predicted octanol–water partition coefficient (Wildman–Crippen LogP) is 3.15. The number of benzene rings is 1. The van der Waals surface area contributed by atoms with Crippen molar-refractivity contribution in [1.29, 1.82) is 0 Å². The maximum absolute atomic E-state index is 10.1. The lowest BCUT2D eigenvalue weighted by molar-refractivity contribution is 0.0841. The average Bonchev–Trinajstić information content (AvgIpc) is 2.88. The van der Waals surface area contributed by atoms with E-state index in [0.717, 1.165) is 17.1 Å². The summed E-state index contributed by atoms with van der Waals surface area (Å²) in [5.74, 6) is 2.47. The molecule has 1 unspecified atom stereocenters. The molecule has 2 aromatic rings. The van der Waals surface area contributed by atoms with Gasteiger partial charge in [0, 0.05) is 17.9 Å². The Morgan fingerprint density at radius 3 is 2.65 bits per heavy atom. The molecule has 3 nitrogen and oxygen atoms in total. The molecule has 0 radical (unpaired) electrons. The van der Waals surface area contributed by atoms with E-state index in [1.165, 1.54) is 0 Å². The monoisotopic (exact) mass is 291 g/mol. The van der Waals surface area contributed by atoms with Gasteiger partial charge in [0.2, 0.25) is 0 Å². The summed E-state index contributed by atoms with van der Waals surface area (Å²) in [7, 11) is 0. The molecule has 0 saturated carbocycles. The van der Waals surface area contributed by atoms with Gasteiger partial charge >= 0.3 is 0 Å². The van der Waals surface area contributed by atoms with E-state index in [2.05, 4.69) is 5.32 Å². The highest BCUT2D eigenvalue weighted by Gasteiger charge is 2.18. The van der Waals surface area contributed by atoms with Crippen molar-refractivity contribution in [2.24, 2.45) is 0 Å². The zero-order valence-electron chi connectivity index (χ0n) is 11.9. The lowest BCUT2D eigenvalue weighted by Gasteiger charge is -2.22. The first-order valence-corrected chi connectivity index (χ1v) is 8.06. The van der Waals surface area contributed by atoms with Crippen molar-refractivity contribution in [2.45, 2.75) is 19.1 Å². The summed E-state index contributed by atoms with van der Waals surface area (Å²) >= 11 is 1.64. The highest BCUT2D eigenvalue weighted by atomic mass is 32.2. The maximum Gasteiger partial charge on any atom is 0.134 e. The van der Waals surface area contributed by atoms with Crippen LogP contribution in [0.15, 0.2) is 46.9 Å². The molecule has 1 aromatic carbocycles. The molecular formula is C16H21NO2S. The molecule has 1 atom stereocenters. The highest BCUT2D eigenvalue weighted by molar-refractivity contribution is 7.98. The summed E-state index contributed by atoms with van der Waals surface area (Å²) in [6.07, 6.45) is 1.99. The first-order valence-electron chi connectivity index (χ1n) is 6.67. The van der Waals surface area contributed by atoms with Gasteiger partial charge in [0.25, 0.3) is 0 Å². The minimum Gasteiger partial charge on any atom is -0.460 e. The van der Waals surface area contributed by atoms with Gasteiger partial charge < -0.3 is 14.8 Å². The SMILES string of the molecule is CSCC(C)(O)CNCc1ccc(-c2ccccc2)o1. The van der Waals surface area contributed by atoms with Crippen LogP contribution >= 0.6 is 11.8 Å². The normalized spacial score (nSPS) is 14.2. The molecule has 2 N–H and O–H groups in total. The van der Waals surface area contributed by atoms with Crippen LogP contribution in [0, 0.1) is 0 Å². The van der Waals surface area contributed by atoms with Crippen LogP contribution in [-0.2, 0) is 6.54 Å². The Morgan fingerprint density at radius 1 is 1.20 bits per heavy atom. The van der Waals surface area contributed by atoms with E-state index < -0.39 is 5.60 Å². The predicted molar refractivity (Wildman–Crippen MR) is 84.9 cm³/mol. The minimum atomic E-state index is -0.686. The second kappa shape index (κ2) is 6.97. The smallest absolute Gasteiger partial charge is 0.134 e. The molecule has 108 valence electrons. The number of rotatable bonds is 7. The summed E-state index contributed by atoms with van der Waals surface area (Å²) in [6, 6.07) is 14.0. The van der Waals surface area contributed by atoms with Crippen molar-refractivity contribution in [3.05, 3.63) is 48.2 Å². The fourth-order valence-corrected chi connectivity index (χ4v) is 2.77. The molecule has 0 aliphatic rings. The van der Waals surface area contributed by atoms with Gasteiger partial charge in [0.15, 0.2) is 0 Å². The number of thioether (sulfide) groups is 1. The molecule has 0 aliphatic heterocycles. The summed E-state index contributed by atoms with van der Waals surface area (Å²) < 4.78 is 5.80. The zero-order valence-corrected chi connectivity index (χ0v) is 12.7. The van der Waals surface area contributed by atoms with E-state index in [1.807, 2.05) is 55.6 Å². The fourth-order valence-electron chi connectivity index (χ4n) is 2.05. The lowest BCUT2D eigenvalue weighted by Crippen LogP contribution is -2.39. The summed E-state index contributed by atoms with van der Waals surface area (Å²) in [4.78, 5) is 0. The summed E-state index contributed by atoms with van der Waals surface area (Å²) in [5.41, 5.74) is 0.391. The van der Waals surface area contributed by atoms with Gasteiger partial charge in [-0.1, -0.05) is 30.3 Å². The zero-order chi connectivity index (χ0) is 14.4. The number of hydrogen-bond donors (Lipinski definition) is 2. The van der Waals surface area contributed by atoms with E-state index >= 15 is 0 Å². The van der Waals surface area contributed by atoms with Crippen LogP contribution in [-0.4, -0.2) is 29.3 Å². The molecular weight excluding hydrogens is 270 g/mol. The molecule has 1 aromatic heterocycles. The van der Waals surface area contributed by atoms with Crippen LogP contribution in [0.3, 0.4) is 0 Å². The van der Waals surface area contributed by atoms with Crippen LogP contribution in [0.5, 0.6) is 0 Å². The van der Waals surface area contributed by atoms with E-state index in [9.17, 15) is 5.11 Å². The van der Waals surface area contributed by atoms with Gasteiger partial charge in [-0.25, -0.2) is 0 Å². The standard InChI is InChI=1S/C16H21NO2S/c1-16(18,12-20-2)11-17-10-14-8-9-15(19-14)13-6-4-3-5-7-13/h3-9,17-18H,10-12H2,1-2H3. The van der Waals surface area contributed by atoms with Crippen molar-refractivity contribution in [3.63, 3.8) is 0 Å². The third kappa shape index (κ3) is 4.40. The van der Waals surface area contributed by atoms with Crippen LogP contribution in [0.4, 0.5) is 0 Å². The molecule has 0 saturated heterocycles. The second-order valence-electron chi connectivity index (χ2n) is 5.17. The molecule has 0 fully saturated rings. The molecule has 0 spiro atoms. The third-order valence-electron chi connectivity index (χ3n) is 2.98.